The van der Waals surface area contributed by atoms with Crippen LogP contribution >= 0.6 is 15.9 Å². The molecule has 6 nitrogen and oxygen atoms in total. The predicted octanol–water partition coefficient (Wildman–Crippen LogP) is 1.78. The number of aliphatic carboxylic acids is 1. The zero-order chi connectivity index (χ0) is 12.5. The molecule has 0 aromatic heterocycles. The monoisotopic (exact) mass is 289 g/mol. The Balaban J connectivity index is 3.46. The lowest BCUT2D eigenvalue weighted by Crippen LogP contribution is -2.13. The van der Waals surface area contributed by atoms with E-state index in [1.165, 1.54) is 19.1 Å². The lowest BCUT2D eigenvalue weighted by molar-refractivity contribution is -0.386. The molecular weight excluding hydrogens is 282 g/mol. The average Bonchev–Trinajstić information content (AvgIpc) is 2.14. The highest BCUT2D eigenvalue weighted by Crippen LogP contribution is 2.32. The van der Waals surface area contributed by atoms with E-state index < -0.39 is 17.0 Å². The van der Waals surface area contributed by atoms with Crippen LogP contribution in [0.5, 0.6) is 0 Å². The third kappa shape index (κ3) is 2.37. The molecule has 0 fully saturated rings. The number of aliphatic hydroxyl groups excluding tert-OH is 1. The van der Waals surface area contributed by atoms with Crippen molar-refractivity contribution in [3.8, 4) is 0 Å². The van der Waals surface area contributed by atoms with E-state index in [4.69, 9.17) is 5.11 Å². The number of nitro benzene ring substituents is 1. The molecule has 1 rings (SSSR count). The molecule has 0 heterocycles. The van der Waals surface area contributed by atoms with Crippen molar-refractivity contribution in [2.75, 3.05) is 0 Å². The largest absolute Gasteiger partial charge is 0.479 e. The molecule has 0 radical (unpaired) electrons. The first-order chi connectivity index (χ1) is 7.34. The maximum absolute atomic E-state index is 10.8. The summed E-state index contributed by atoms with van der Waals surface area (Å²) in [6.45, 7) is 1.47. The Morgan fingerprint density at radius 3 is 2.56 bits per heavy atom. The van der Waals surface area contributed by atoms with Gasteiger partial charge in [0.2, 0.25) is 0 Å². The van der Waals surface area contributed by atoms with Crippen molar-refractivity contribution in [3.63, 3.8) is 0 Å². The van der Waals surface area contributed by atoms with Crippen LogP contribution in [0.2, 0.25) is 0 Å². The van der Waals surface area contributed by atoms with E-state index in [0.29, 0.717) is 4.47 Å². The van der Waals surface area contributed by atoms with Crippen molar-refractivity contribution >= 4 is 27.6 Å². The summed E-state index contributed by atoms with van der Waals surface area (Å²) in [5, 5.41) is 28.8. The van der Waals surface area contributed by atoms with Gasteiger partial charge < -0.3 is 10.2 Å². The van der Waals surface area contributed by atoms with Crippen LogP contribution in [0.3, 0.4) is 0 Å². The van der Waals surface area contributed by atoms with E-state index in [2.05, 4.69) is 15.9 Å². The van der Waals surface area contributed by atoms with E-state index in [0.717, 1.165) is 0 Å². The Kier molecular flexibility index (Phi) is 3.61. The van der Waals surface area contributed by atoms with Crippen molar-refractivity contribution in [3.05, 3.63) is 37.8 Å². The summed E-state index contributed by atoms with van der Waals surface area (Å²) in [5.41, 5.74) is -0.322. The zero-order valence-corrected chi connectivity index (χ0v) is 9.76. The van der Waals surface area contributed by atoms with Crippen LogP contribution in [0.15, 0.2) is 16.6 Å². The van der Waals surface area contributed by atoms with Gasteiger partial charge in [-0.2, -0.15) is 0 Å². The molecular formula is C9H8BrNO5. The number of aryl methyl sites for hydroxylation is 1. The van der Waals surface area contributed by atoms with Crippen LogP contribution in [0.1, 0.15) is 17.2 Å². The van der Waals surface area contributed by atoms with E-state index in [-0.39, 0.29) is 16.8 Å². The number of aliphatic hydroxyl groups is 1. The molecule has 2 N–H and O–H groups in total. The molecule has 7 heteroatoms. The van der Waals surface area contributed by atoms with E-state index in [9.17, 15) is 20.0 Å². The van der Waals surface area contributed by atoms with E-state index in [1.807, 2.05) is 0 Å². The van der Waals surface area contributed by atoms with Crippen LogP contribution in [0.25, 0.3) is 0 Å². The average molecular weight is 290 g/mol. The van der Waals surface area contributed by atoms with Crippen LogP contribution in [-0.4, -0.2) is 21.1 Å². The van der Waals surface area contributed by atoms with Crippen molar-refractivity contribution in [2.24, 2.45) is 0 Å². The number of carbonyl (C=O) groups is 1. The number of hydrogen-bond acceptors (Lipinski definition) is 4. The summed E-state index contributed by atoms with van der Waals surface area (Å²) in [7, 11) is 0. The first kappa shape index (κ1) is 12.6. The van der Waals surface area contributed by atoms with Gasteiger partial charge in [0.05, 0.1) is 10.5 Å². The molecule has 0 amide bonds. The van der Waals surface area contributed by atoms with Crippen molar-refractivity contribution < 1.29 is 19.9 Å². The Morgan fingerprint density at radius 1 is 1.56 bits per heavy atom. The highest BCUT2D eigenvalue weighted by molar-refractivity contribution is 9.10. The number of rotatable bonds is 3. The van der Waals surface area contributed by atoms with Crippen LogP contribution in [0.4, 0.5) is 5.69 Å². The van der Waals surface area contributed by atoms with Gasteiger partial charge in [0.25, 0.3) is 5.69 Å². The van der Waals surface area contributed by atoms with Gasteiger partial charge in [-0.05, 0) is 19.1 Å². The van der Waals surface area contributed by atoms with Gasteiger partial charge in [-0.1, -0.05) is 15.9 Å². The van der Waals surface area contributed by atoms with Crippen LogP contribution in [-0.2, 0) is 4.79 Å². The summed E-state index contributed by atoms with van der Waals surface area (Å²) in [6, 6.07) is 2.71. The second-order valence-electron chi connectivity index (χ2n) is 3.16. The zero-order valence-electron chi connectivity index (χ0n) is 8.18. The molecule has 0 aliphatic carbocycles. The standard InChI is InChI=1S/C9H8BrNO5/c1-4-2-5(10)3-6(7(4)11(15)16)8(12)9(13)14/h2-3,8,12H,1H3,(H,13,14). The maximum Gasteiger partial charge on any atom is 0.337 e. The second kappa shape index (κ2) is 4.58. The first-order valence-corrected chi connectivity index (χ1v) is 4.99. The summed E-state index contributed by atoms with van der Waals surface area (Å²) >= 11 is 3.09. The highest BCUT2D eigenvalue weighted by Gasteiger charge is 2.27. The molecule has 0 spiro atoms. The Bertz CT molecular complexity index is 459. The third-order valence-electron chi connectivity index (χ3n) is 2.01. The molecule has 0 bridgehead atoms. The van der Waals surface area contributed by atoms with Gasteiger partial charge in [0.15, 0.2) is 6.10 Å². The van der Waals surface area contributed by atoms with Gasteiger partial charge in [-0.25, -0.2) is 4.79 Å². The molecule has 1 unspecified atom stereocenters. The normalized spacial score (nSPS) is 12.2. The van der Waals surface area contributed by atoms with Crippen LogP contribution in [0, 0.1) is 17.0 Å². The van der Waals surface area contributed by atoms with Crippen molar-refractivity contribution in [1.82, 2.24) is 0 Å². The highest BCUT2D eigenvalue weighted by atomic mass is 79.9. The number of halogens is 1. The van der Waals surface area contributed by atoms with Gasteiger partial charge in [-0.3, -0.25) is 10.1 Å². The minimum atomic E-state index is -1.91. The van der Waals surface area contributed by atoms with Crippen molar-refractivity contribution in [1.29, 1.82) is 0 Å². The van der Waals surface area contributed by atoms with Gasteiger partial charge in [-0.15, -0.1) is 0 Å². The van der Waals surface area contributed by atoms with Crippen molar-refractivity contribution in [2.45, 2.75) is 13.0 Å². The minimum Gasteiger partial charge on any atom is -0.479 e. The quantitative estimate of drug-likeness (QED) is 0.652. The topological polar surface area (TPSA) is 101 Å². The molecule has 1 aromatic rings. The third-order valence-corrected chi connectivity index (χ3v) is 2.46. The first-order valence-electron chi connectivity index (χ1n) is 4.20. The van der Waals surface area contributed by atoms with Crippen LogP contribution < -0.4 is 0 Å². The predicted molar refractivity (Wildman–Crippen MR) is 58.1 cm³/mol. The summed E-state index contributed by atoms with van der Waals surface area (Å²) in [6.07, 6.45) is -1.91. The Hall–Kier alpha value is -1.47. The second-order valence-corrected chi connectivity index (χ2v) is 4.07. The molecule has 1 aromatic carbocycles. The lowest BCUT2D eigenvalue weighted by Gasteiger charge is -2.09. The molecule has 0 aliphatic heterocycles. The maximum atomic E-state index is 10.8. The van der Waals surface area contributed by atoms with Gasteiger partial charge in [0.1, 0.15) is 0 Å². The molecule has 16 heavy (non-hydrogen) atoms. The van der Waals surface area contributed by atoms with Gasteiger partial charge in [0, 0.05) is 10.0 Å². The lowest BCUT2D eigenvalue weighted by atomic mass is 10.0. The number of nitrogens with zero attached hydrogens (tertiary/aromatic N) is 1. The fourth-order valence-electron chi connectivity index (χ4n) is 1.35. The number of carboxylic acid groups (broad SMARTS) is 1. The van der Waals surface area contributed by atoms with E-state index in [1.54, 1.807) is 0 Å². The Labute approximate surface area is 98.8 Å². The van der Waals surface area contributed by atoms with Gasteiger partial charge >= 0.3 is 5.97 Å². The fraction of sp³-hybridized carbons (Fsp3) is 0.222. The summed E-state index contributed by atoms with van der Waals surface area (Å²) in [4.78, 5) is 20.7. The number of carboxylic acids is 1. The number of hydrogen-bond donors (Lipinski definition) is 2. The molecule has 86 valence electrons. The molecule has 0 aliphatic rings. The van der Waals surface area contributed by atoms with E-state index >= 15 is 0 Å². The molecule has 0 saturated heterocycles. The number of nitro groups is 1. The summed E-state index contributed by atoms with van der Waals surface area (Å²) in [5.74, 6) is -1.53. The smallest absolute Gasteiger partial charge is 0.337 e. The summed E-state index contributed by atoms with van der Waals surface area (Å²) < 4.78 is 0.478. The SMILES string of the molecule is Cc1cc(Br)cc(C(O)C(=O)O)c1[N+](=O)[O-]. The molecule has 1 atom stereocenters. The molecule has 0 saturated carbocycles. The number of benzene rings is 1. The Morgan fingerprint density at radius 2 is 2.12 bits per heavy atom. The fourth-order valence-corrected chi connectivity index (χ4v) is 1.94. The minimum absolute atomic E-state index is 0.232.